The fourth-order valence-electron chi connectivity index (χ4n) is 3.32. The number of carbonyl (C=O) groups is 1. The van der Waals surface area contributed by atoms with E-state index in [2.05, 4.69) is 0 Å². The monoisotopic (exact) mass is 494 g/mol. The van der Waals surface area contributed by atoms with Crippen molar-refractivity contribution in [2.45, 2.75) is 33.1 Å². The van der Waals surface area contributed by atoms with Crippen molar-refractivity contribution in [2.24, 2.45) is 5.92 Å². The molecule has 0 spiro atoms. The minimum absolute atomic E-state index is 0.0432. The van der Waals surface area contributed by atoms with Crippen LogP contribution in [0.4, 0.5) is 13.2 Å². The highest BCUT2D eigenvalue weighted by Crippen LogP contribution is 2.40. The summed E-state index contributed by atoms with van der Waals surface area (Å²) in [7, 11) is 2.71. The smallest absolute Gasteiger partial charge is 0.450 e. The van der Waals surface area contributed by atoms with E-state index < -0.39 is 35.0 Å². The number of halogens is 3. The fraction of sp³-hybridized carbons (Fsp3) is 0.360. The van der Waals surface area contributed by atoms with Crippen molar-refractivity contribution in [3.05, 3.63) is 52.4 Å². The Morgan fingerprint density at radius 2 is 1.69 bits per heavy atom. The van der Waals surface area contributed by atoms with Crippen molar-refractivity contribution in [3.8, 4) is 28.4 Å². The first-order valence-corrected chi connectivity index (χ1v) is 10.7. The van der Waals surface area contributed by atoms with Gasteiger partial charge in [0.05, 0.1) is 31.8 Å². The molecule has 10 heteroatoms. The molecule has 0 amide bonds. The van der Waals surface area contributed by atoms with E-state index in [1.807, 2.05) is 13.8 Å². The van der Waals surface area contributed by atoms with E-state index in [4.69, 9.17) is 23.4 Å². The summed E-state index contributed by atoms with van der Waals surface area (Å²) in [6.45, 7) is 5.40. The van der Waals surface area contributed by atoms with Gasteiger partial charge in [0.15, 0.2) is 17.6 Å². The van der Waals surface area contributed by atoms with E-state index in [1.54, 1.807) is 0 Å². The minimum atomic E-state index is -4.97. The Kier molecular flexibility index (Phi) is 7.62. The second-order valence-electron chi connectivity index (χ2n) is 8.14. The van der Waals surface area contributed by atoms with E-state index in [1.165, 1.54) is 51.5 Å². The normalized spacial score (nSPS) is 12.5. The van der Waals surface area contributed by atoms with Crippen molar-refractivity contribution < 1.29 is 41.3 Å². The molecule has 1 atom stereocenters. The molecular formula is C25H25F3O7. The molecule has 2 aromatic carbocycles. The summed E-state index contributed by atoms with van der Waals surface area (Å²) in [5, 5.41) is -0.0924. The molecule has 1 heterocycles. The van der Waals surface area contributed by atoms with Gasteiger partial charge in [-0.15, -0.1) is 0 Å². The van der Waals surface area contributed by atoms with Crippen LogP contribution in [0.1, 0.15) is 26.5 Å². The molecule has 0 fully saturated rings. The van der Waals surface area contributed by atoms with Gasteiger partial charge < -0.3 is 23.4 Å². The number of ether oxygens (including phenoxy) is 4. The van der Waals surface area contributed by atoms with Crippen molar-refractivity contribution in [2.75, 3.05) is 20.8 Å². The highest BCUT2D eigenvalue weighted by molar-refractivity contribution is 5.84. The number of benzene rings is 2. The molecule has 35 heavy (non-hydrogen) atoms. The highest BCUT2D eigenvalue weighted by atomic mass is 19.4. The third-order valence-corrected chi connectivity index (χ3v) is 5.00. The maximum Gasteiger partial charge on any atom is 0.450 e. The lowest BCUT2D eigenvalue weighted by molar-refractivity contribution is -0.152. The molecule has 188 valence electrons. The maximum absolute atomic E-state index is 14.0. The molecule has 0 bridgehead atoms. The topological polar surface area (TPSA) is 84.2 Å². The van der Waals surface area contributed by atoms with Crippen LogP contribution < -0.4 is 19.6 Å². The zero-order valence-electron chi connectivity index (χ0n) is 19.8. The van der Waals surface area contributed by atoms with E-state index >= 15 is 0 Å². The summed E-state index contributed by atoms with van der Waals surface area (Å²) in [5.74, 6) is -1.48. The van der Waals surface area contributed by atoms with E-state index in [9.17, 15) is 22.8 Å². The molecule has 0 N–H and O–H groups in total. The third-order valence-electron chi connectivity index (χ3n) is 5.00. The van der Waals surface area contributed by atoms with Gasteiger partial charge in [-0.25, -0.2) is 4.79 Å². The van der Waals surface area contributed by atoms with Crippen LogP contribution in [0.2, 0.25) is 0 Å². The molecule has 0 saturated heterocycles. The number of methoxy groups -OCH3 is 2. The zero-order chi connectivity index (χ0) is 25.9. The van der Waals surface area contributed by atoms with Gasteiger partial charge in [-0.2, -0.15) is 13.2 Å². The number of esters is 1. The van der Waals surface area contributed by atoms with Gasteiger partial charge in [0.25, 0.3) is 0 Å². The number of fused-ring (bicyclic) bond motifs is 1. The number of carbonyl (C=O) groups excluding carboxylic acids is 1. The van der Waals surface area contributed by atoms with Crippen molar-refractivity contribution in [1.29, 1.82) is 0 Å². The van der Waals surface area contributed by atoms with Gasteiger partial charge in [0.2, 0.25) is 11.2 Å². The Labute approximate surface area is 199 Å². The molecule has 0 aliphatic rings. The first kappa shape index (κ1) is 25.9. The number of alkyl halides is 3. The number of hydrogen-bond acceptors (Lipinski definition) is 7. The summed E-state index contributed by atoms with van der Waals surface area (Å²) in [6, 6.07) is 7.78. The first-order chi connectivity index (χ1) is 16.5. The molecule has 3 aromatic rings. The van der Waals surface area contributed by atoms with Crippen LogP contribution in [-0.2, 0) is 15.7 Å². The second-order valence-corrected chi connectivity index (χ2v) is 8.14. The lowest BCUT2D eigenvalue weighted by atomic mass is 10.0. The zero-order valence-corrected chi connectivity index (χ0v) is 19.8. The molecule has 3 rings (SSSR count). The minimum Gasteiger partial charge on any atom is -0.493 e. The summed E-state index contributed by atoms with van der Waals surface area (Å²) >= 11 is 0. The SMILES string of the molecule is COc1ccc(-c2c(C(F)(F)F)oc3cc(O[C@H](C)C(=O)OCC(C)C)ccc3c2=O)cc1OC. The van der Waals surface area contributed by atoms with E-state index in [-0.39, 0.29) is 46.3 Å². The predicted molar refractivity (Wildman–Crippen MR) is 122 cm³/mol. The lowest BCUT2D eigenvalue weighted by Gasteiger charge is -2.16. The molecule has 0 aliphatic carbocycles. The van der Waals surface area contributed by atoms with Crippen LogP contribution in [0.5, 0.6) is 17.2 Å². The summed E-state index contributed by atoms with van der Waals surface area (Å²) < 4.78 is 67.9. The van der Waals surface area contributed by atoms with Gasteiger partial charge in [-0.05, 0) is 42.7 Å². The molecule has 1 aromatic heterocycles. The molecule has 0 radical (unpaired) electrons. The average molecular weight is 494 g/mol. The van der Waals surface area contributed by atoms with Gasteiger partial charge >= 0.3 is 12.1 Å². The first-order valence-electron chi connectivity index (χ1n) is 10.7. The van der Waals surface area contributed by atoms with Crippen LogP contribution in [0.3, 0.4) is 0 Å². The van der Waals surface area contributed by atoms with Gasteiger partial charge in [-0.3, -0.25) is 4.79 Å². The van der Waals surface area contributed by atoms with Crippen LogP contribution >= 0.6 is 0 Å². The van der Waals surface area contributed by atoms with Crippen LogP contribution in [0.15, 0.2) is 45.6 Å². The lowest BCUT2D eigenvalue weighted by Crippen LogP contribution is -2.27. The quantitative estimate of drug-likeness (QED) is 0.385. The molecule has 7 nitrogen and oxygen atoms in total. The van der Waals surface area contributed by atoms with Gasteiger partial charge in [-0.1, -0.05) is 19.9 Å². The highest BCUT2D eigenvalue weighted by Gasteiger charge is 2.39. The Hall–Kier alpha value is -3.69. The molecule has 0 saturated carbocycles. The van der Waals surface area contributed by atoms with E-state index in [0.29, 0.717) is 0 Å². The fourth-order valence-corrected chi connectivity index (χ4v) is 3.32. The number of hydrogen-bond donors (Lipinski definition) is 0. The third kappa shape index (κ3) is 5.70. The Morgan fingerprint density at radius 1 is 1.00 bits per heavy atom. The number of rotatable bonds is 8. The average Bonchev–Trinajstić information content (AvgIpc) is 2.81. The predicted octanol–water partition coefficient (Wildman–Crippen LogP) is 5.46. The van der Waals surface area contributed by atoms with Crippen molar-refractivity contribution in [3.63, 3.8) is 0 Å². The molecular weight excluding hydrogens is 469 g/mol. The van der Waals surface area contributed by atoms with E-state index in [0.717, 1.165) is 6.07 Å². The van der Waals surface area contributed by atoms with Crippen molar-refractivity contribution in [1.82, 2.24) is 0 Å². The van der Waals surface area contributed by atoms with Crippen LogP contribution in [-0.4, -0.2) is 32.9 Å². The van der Waals surface area contributed by atoms with Crippen LogP contribution in [0, 0.1) is 5.92 Å². The van der Waals surface area contributed by atoms with Gasteiger partial charge in [0, 0.05) is 6.07 Å². The van der Waals surface area contributed by atoms with Gasteiger partial charge in [0.1, 0.15) is 11.3 Å². The maximum atomic E-state index is 14.0. The second kappa shape index (κ2) is 10.3. The molecule has 0 aliphatic heterocycles. The summed E-state index contributed by atoms with van der Waals surface area (Å²) in [4.78, 5) is 25.3. The van der Waals surface area contributed by atoms with Crippen LogP contribution in [0.25, 0.3) is 22.1 Å². The standard InChI is InChI=1S/C25H25F3O7/c1-13(2)12-33-24(30)14(3)34-16-7-8-17-19(11-16)35-23(25(26,27)28)21(22(17)29)15-6-9-18(31-4)20(10-15)32-5/h6-11,13-14H,12H2,1-5H3/t14-/m1/s1. The van der Waals surface area contributed by atoms with Crippen molar-refractivity contribution >= 4 is 16.9 Å². The summed E-state index contributed by atoms with van der Waals surface area (Å²) in [6.07, 6.45) is -5.99. The Bertz CT molecular complexity index is 1280. The Morgan fingerprint density at radius 3 is 2.29 bits per heavy atom. The largest absolute Gasteiger partial charge is 0.493 e. The summed E-state index contributed by atoms with van der Waals surface area (Å²) in [5.41, 5.74) is -1.94. The molecule has 0 unspecified atom stereocenters. The Balaban J connectivity index is 2.08.